The number of nitrogens with zero attached hydrogens (tertiary/aromatic N) is 1. The molecule has 1 fully saturated rings. The standard InChI is InChI=1S/C15H20Cl2N2O4S/c1-23-15(5-7-19(8-6-15)24(2,21)22)10-18-14(20)12-9-11(16)3-4-13(12)17/h3-4,9H,5-8,10H2,1-2H3,(H,18,20). The molecule has 1 aliphatic rings. The number of hydrogen-bond acceptors (Lipinski definition) is 4. The number of ether oxygens (including phenoxy) is 1. The number of hydrogen-bond donors (Lipinski definition) is 1. The second-order valence-electron chi connectivity index (χ2n) is 5.86. The number of carbonyl (C=O) groups is 1. The highest BCUT2D eigenvalue weighted by molar-refractivity contribution is 7.88. The first-order valence-corrected chi connectivity index (χ1v) is 10.0. The molecule has 0 aromatic heterocycles. The van der Waals surface area contributed by atoms with Crippen LogP contribution < -0.4 is 5.32 Å². The van der Waals surface area contributed by atoms with Gasteiger partial charge in [0.1, 0.15) is 0 Å². The van der Waals surface area contributed by atoms with E-state index in [9.17, 15) is 13.2 Å². The summed E-state index contributed by atoms with van der Waals surface area (Å²) in [6.45, 7) is 0.990. The van der Waals surface area contributed by atoms with Crippen molar-refractivity contribution in [1.82, 2.24) is 9.62 Å². The highest BCUT2D eigenvalue weighted by atomic mass is 35.5. The monoisotopic (exact) mass is 394 g/mol. The molecule has 0 aliphatic carbocycles. The Bertz CT molecular complexity index is 716. The van der Waals surface area contributed by atoms with Crippen LogP contribution in [0.25, 0.3) is 0 Å². The summed E-state index contributed by atoms with van der Waals surface area (Å²) >= 11 is 11.9. The van der Waals surface area contributed by atoms with E-state index < -0.39 is 15.6 Å². The van der Waals surface area contributed by atoms with Crippen LogP contribution in [0.5, 0.6) is 0 Å². The molecule has 1 amide bonds. The number of piperidine rings is 1. The van der Waals surface area contributed by atoms with Gasteiger partial charge in [0.15, 0.2) is 0 Å². The third-order valence-corrected chi connectivity index (χ3v) is 6.15. The number of methoxy groups -OCH3 is 1. The lowest BCUT2D eigenvalue weighted by molar-refractivity contribution is -0.0424. The predicted octanol–water partition coefficient (Wildman–Crippen LogP) is 2.16. The molecule has 0 spiro atoms. The maximum absolute atomic E-state index is 12.3. The van der Waals surface area contributed by atoms with Gasteiger partial charge < -0.3 is 10.1 Å². The van der Waals surface area contributed by atoms with Gasteiger partial charge in [0, 0.05) is 31.8 Å². The Morgan fingerprint density at radius 3 is 2.50 bits per heavy atom. The molecular formula is C15H20Cl2N2O4S. The van der Waals surface area contributed by atoms with Gasteiger partial charge in [-0.1, -0.05) is 23.2 Å². The fourth-order valence-corrected chi connectivity index (χ4v) is 3.91. The smallest absolute Gasteiger partial charge is 0.252 e. The Hall–Kier alpha value is -0.860. The van der Waals surface area contributed by atoms with E-state index >= 15 is 0 Å². The average molecular weight is 395 g/mol. The third kappa shape index (κ3) is 4.61. The van der Waals surface area contributed by atoms with E-state index in [1.54, 1.807) is 19.2 Å². The maximum atomic E-state index is 12.3. The second kappa shape index (κ2) is 7.58. The van der Waals surface area contributed by atoms with Gasteiger partial charge in [-0.2, -0.15) is 0 Å². The Kier molecular flexibility index (Phi) is 6.14. The molecule has 1 aromatic rings. The minimum atomic E-state index is -3.21. The van der Waals surface area contributed by atoms with E-state index in [2.05, 4.69) is 5.32 Å². The van der Waals surface area contributed by atoms with Crippen molar-refractivity contribution in [2.45, 2.75) is 18.4 Å². The molecule has 2 rings (SSSR count). The van der Waals surface area contributed by atoms with Gasteiger partial charge in [0.25, 0.3) is 5.91 Å². The van der Waals surface area contributed by atoms with Gasteiger partial charge in [-0.15, -0.1) is 0 Å². The van der Waals surface area contributed by atoms with Crippen LogP contribution in [0.2, 0.25) is 10.0 Å². The molecule has 1 heterocycles. The average Bonchev–Trinajstić information content (AvgIpc) is 2.54. The lowest BCUT2D eigenvalue weighted by Crippen LogP contribution is -2.53. The summed E-state index contributed by atoms with van der Waals surface area (Å²) in [6, 6.07) is 4.68. The first kappa shape index (κ1) is 19.5. The van der Waals surface area contributed by atoms with Gasteiger partial charge in [-0.05, 0) is 31.0 Å². The summed E-state index contributed by atoms with van der Waals surface area (Å²) in [6.07, 6.45) is 2.19. The van der Waals surface area contributed by atoms with E-state index in [-0.39, 0.29) is 12.5 Å². The molecule has 1 saturated heterocycles. The summed E-state index contributed by atoms with van der Waals surface area (Å²) in [7, 11) is -1.65. The Morgan fingerprint density at radius 1 is 1.33 bits per heavy atom. The molecule has 1 aromatic carbocycles. The zero-order valence-corrected chi connectivity index (χ0v) is 15.8. The summed E-state index contributed by atoms with van der Waals surface area (Å²) in [5.41, 5.74) is -0.300. The molecular weight excluding hydrogens is 375 g/mol. The summed E-state index contributed by atoms with van der Waals surface area (Å²) in [5.74, 6) is -0.343. The number of rotatable bonds is 5. The first-order valence-electron chi connectivity index (χ1n) is 7.40. The molecule has 1 N–H and O–H groups in total. The van der Waals surface area contributed by atoms with Crippen LogP contribution in [0.4, 0.5) is 0 Å². The number of nitrogens with one attached hydrogen (secondary N) is 1. The SMILES string of the molecule is COC1(CNC(=O)c2cc(Cl)ccc2Cl)CCN(S(C)(=O)=O)CC1. The van der Waals surface area contributed by atoms with Crippen LogP contribution >= 0.6 is 23.2 Å². The van der Waals surface area contributed by atoms with Crippen molar-refractivity contribution in [2.24, 2.45) is 0 Å². The third-order valence-electron chi connectivity index (χ3n) is 4.28. The van der Waals surface area contributed by atoms with Gasteiger partial charge in [0.2, 0.25) is 10.0 Å². The van der Waals surface area contributed by atoms with E-state index in [0.29, 0.717) is 41.5 Å². The predicted molar refractivity (Wildman–Crippen MR) is 94.2 cm³/mol. The van der Waals surface area contributed by atoms with Crippen molar-refractivity contribution in [1.29, 1.82) is 0 Å². The maximum Gasteiger partial charge on any atom is 0.252 e. The van der Waals surface area contributed by atoms with Crippen LogP contribution in [0.15, 0.2) is 18.2 Å². The van der Waals surface area contributed by atoms with E-state index in [4.69, 9.17) is 27.9 Å². The number of amides is 1. The number of benzene rings is 1. The van der Waals surface area contributed by atoms with Crippen LogP contribution in [0.3, 0.4) is 0 Å². The van der Waals surface area contributed by atoms with Gasteiger partial charge in [-0.3, -0.25) is 4.79 Å². The topological polar surface area (TPSA) is 75.7 Å². The molecule has 0 atom stereocenters. The first-order chi connectivity index (χ1) is 11.2. The van der Waals surface area contributed by atoms with E-state index in [1.807, 2.05) is 0 Å². The Balaban J connectivity index is 2.01. The lowest BCUT2D eigenvalue weighted by atomic mass is 9.92. The fraction of sp³-hybridized carbons (Fsp3) is 0.533. The van der Waals surface area contributed by atoms with Crippen molar-refractivity contribution in [2.75, 3.05) is 33.0 Å². The van der Waals surface area contributed by atoms with Gasteiger partial charge in [-0.25, -0.2) is 12.7 Å². The Labute approximate surface area is 152 Å². The Morgan fingerprint density at radius 2 is 1.96 bits per heavy atom. The minimum Gasteiger partial charge on any atom is -0.376 e. The summed E-state index contributed by atoms with van der Waals surface area (Å²) in [4.78, 5) is 12.3. The number of halogens is 2. The number of carbonyl (C=O) groups excluding carboxylic acids is 1. The van der Waals surface area contributed by atoms with Crippen LogP contribution in [0.1, 0.15) is 23.2 Å². The molecule has 0 unspecified atom stereocenters. The van der Waals surface area contributed by atoms with Crippen molar-refractivity contribution in [3.8, 4) is 0 Å². The highest BCUT2D eigenvalue weighted by Gasteiger charge is 2.37. The van der Waals surface area contributed by atoms with E-state index in [0.717, 1.165) is 0 Å². The molecule has 1 aliphatic heterocycles. The largest absolute Gasteiger partial charge is 0.376 e. The molecule has 134 valence electrons. The van der Waals surface area contributed by atoms with Crippen molar-refractivity contribution in [3.05, 3.63) is 33.8 Å². The zero-order valence-electron chi connectivity index (χ0n) is 13.5. The summed E-state index contributed by atoms with van der Waals surface area (Å²) < 4.78 is 30.2. The molecule has 9 heteroatoms. The minimum absolute atomic E-state index is 0.267. The second-order valence-corrected chi connectivity index (χ2v) is 8.68. The van der Waals surface area contributed by atoms with Crippen LogP contribution in [-0.4, -0.2) is 57.2 Å². The van der Waals surface area contributed by atoms with Crippen LogP contribution in [-0.2, 0) is 14.8 Å². The quantitative estimate of drug-likeness (QED) is 0.829. The van der Waals surface area contributed by atoms with E-state index in [1.165, 1.54) is 16.6 Å². The van der Waals surface area contributed by atoms with Gasteiger partial charge >= 0.3 is 0 Å². The van der Waals surface area contributed by atoms with Gasteiger partial charge in [0.05, 0.1) is 22.4 Å². The van der Waals surface area contributed by atoms with Crippen molar-refractivity contribution < 1.29 is 17.9 Å². The number of sulfonamides is 1. The molecule has 0 bridgehead atoms. The highest BCUT2D eigenvalue weighted by Crippen LogP contribution is 2.27. The molecule has 0 saturated carbocycles. The molecule has 6 nitrogen and oxygen atoms in total. The normalized spacial score (nSPS) is 18.3. The zero-order chi connectivity index (χ0) is 18.0. The van der Waals surface area contributed by atoms with Crippen molar-refractivity contribution in [3.63, 3.8) is 0 Å². The fourth-order valence-electron chi connectivity index (χ4n) is 2.69. The lowest BCUT2D eigenvalue weighted by Gasteiger charge is -2.39. The summed E-state index contributed by atoms with van der Waals surface area (Å²) in [5, 5.41) is 3.55. The molecule has 0 radical (unpaired) electrons. The van der Waals surface area contributed by atoms with Crippen molar-refractivity contribution >= 4 is 39.1 Å². The molecule has 24 heavy (non-hydrogen) atoms. The van der Waals surface area contributed by atoms with Crippen LogP contribution in [0, 0.1) is 0 Å².